The minimum atomic E-state index is -0.343. The quantitative estimate of drug-likeness (QED) is 0.756. The number of nitrogens with zero attached hydrogens (tertiary/aromatic N) is 2. The van der Waals surface area contributed by atoms with Gasteiger partial charge < -0.3 is 15.2 Å². The average Bonchev–Trinajstić information content (AvgIpc) is 3.28. The molecule has 0 saturated carbocycles. The molecule has 2 aromatic heterocycles. The predicted octanol–water partition coefficient (Wildman–Crippen LogP) is 3.68. The fraction of sp³-hybridized carbons (Fsp3) is 0.300. The van der Waals surface area contributed by atoms with Crippen LogP contribution in [0.4, 0.5) is 10.1 Å². The minimum Gasteiger partial charge on any atom is -0.388 e. The fourth-order valence-corrected chi connectivity index (χ4v) is 3.64. The lowest BCUT2D eigenvalue weighted by Gasteiger charge is -2.16. The summed E-state index contributed by atoms with van der Waals surface area (Å²) in [5, 5.41) is 3.86. The van der Waals surface area contributed by atoms with E-state index in [1.54, 1.807) is 18.2 Å². The molecule has 0 spiro atoms. The molecule has 0 unspecified atom stereocenters. The number of carbonyl (C=O) groups is 1. The second kappa shape index (κ2) is 6.44. The molecule has 2 N–H and O–H groups in total. The topological polar surface area (TPSA) is 61.0 Å². The molecule has 134 valence electrons. The maximum Gasteiger partial charge on any atom is 0.270 e. The number of carbonyl (C=O) groups excluding carboxylic acids is 1. The first-order chi connectivity index (χ1) is 12.5. The molecule has 0 bridgehead atoms. The van der Waals surface area contributed by atoms with Gasteiger partial charge in [-0.15, -0.1) is 0 Å². The van der Waals surface area contributed by atoms with Crippen molar-refractivity contribution in [3.8, 4) is 0 Å². The molecule has 3 heterocycles. The van der Waals surface area contributed by atoms with Gasteiger partial charge in [0.25, 0.3) is 5.91 Å². The Kier molecular flexibility index (Phi) is 4.11. The van der Waals surface area contributed by atoms with E-state index in [-0.39, 0.29) is 17.6 Å². The molecule has 3 aromatic rings. The van der Waals surface area contributed by atoms with Crippen LogP contribution in [0.1, 0.15) is 34.2 Å². The highest BCUT2D eigenvalue weighted by molar-refractivity contribution is 5.98. The van der Waals surface area contributed by atoms with E-state index in [1.165, 1.54) is 6.07 Å². The second-order valence-electron chi connectivity index (χ2n) is 6.80. The lowest BCUT2D eigenvalue weighted by molar-refractivity contribution is 0.0786. The summed E-state index contributed by atoms with van der Waals surface area (Å²) in [4.78, 5) is 22.2. The van der Waals surface area contributed by atoms with E-state index in [0.717, 1.165) is 23.5 Å². The average molecular weight is 352 g/mol. The van der Waals surface area contributed by atoms with Crippen LogP contribution >= 0.6 is 0 Å². The van der Waals surface area contributed by atoms with Crippen LogP contribution in [0.3, 0.4) is 0 Å². The molecule has 1 atom stereocenters. The van der Waals surface area contributed by atoms with Crippen molar-refractivity contribution in [1.29, 1.82) is 0 Å². The number of H-pyrrole nitrogens is 1. The third-order valence-corrected chi connectivity index (χ3v) is 4.99. The summed E-state index contributed by atoms with van der Waals surface area (Å²) in [6.45, 7) is 3.27. The molecule has 4 rings (SSSR count). The standard InChI is InChI=1S/C20H21FN4O/c1-12-8-15(22-2)10-17(23-12)14-6-7-25(11-14)20(26)18-9-13-4-3-5-16(21)19(13)24-18/h3-5,8-10,14,24H,6-7,11H2,1-2H3,(H,22,23)/t14-/m1/s1. The molecule has 0 aliphatic carbocycles. The third kappa shape index (κ3) is 2.92. The van der Waals surface area contributed by atoms with E-state index in [2.05, 4.69) is 15.3 Å². The molecule has 6 heteroatoms. The molecule has 26 heavy (non-hydrogen) atoms. The first-order valence-electron chi connectivity index (χ1n) is 8.78. The summed E-state index contributed by atoms with van der Waals surface area (Å²) in [5.74, 6) is -0.221. The summed E-state index contributed by atoms with van der Waals surface area (Å²) in [6.07, 6.45) is 0.875. The van der Waals surface area contributed by atoms with Gasteiger partial charge in [-0.25, -0.2) is 4.39 Å². The summed E-state index contributed by atoms with van der Waals surface area (Å²) in [7, 11) is 1.89. The molecule has 1 aliphatic rings. The van der Waals surface area contributed by atoms with Crippen LogP contribution in [-0.2, 0) is 0 Å². The van der Waals surface area contributed by atoms with E-state index >= 15 is 0 Å². The Balaban J connectivity index is 1.55. The highest BCUT2D eigenvalue weighted by Gasteiger charge is 2.30. The number of aryl methyl sites for hydroxylation is 1. The van der Waals surface area contributed by atoms with Crippen LogP contribution in [0.15, 0.2) is 36.4 Å². The Morgan fingerprint density at radius 2 is 2.19 bits per heavy atom. The number of aromatic amines is 1. The number of pyridine rings is 1. The normalized spacial score (nSPS) is 17.0. The zero-order chi connectivity index (χ0) is 18.3. The lowest BCUT2D eigenvalue weighted by atomic mass is 10.0. The van der Waals surface area contributed by atoms with Crippen molar-refractivity contribution in [2.75, 3.05) is 25.5 Å². The van der Waals surface area contributed by atoms with Gasteiger partial charge in [0.05, 0.1) is 5.52 Å². The van der Waals surface area contributed by atoms with Crippen LogP contribution in [0.2, 0.25) is 0 Å². The molecule has 1 aromatic carbocycles. The van der Waals surface area contributed by atoms with Crippen molar-refractivity contribution in [3.05, 3.63) is 59.3 Å². The largest absolute Gasteiger partial charge is 0.388 e. The smallest absolute Gasteiger partial charge is 0.270 e. The molecular formula is C20H21FN4O. The maximum atomic E-state index is 13.9. The van der Waals surface area contributed by atoms with E-state index in [1.807, 2.05) is 31.0 Å². The zero-order valence-electron chi connectivity index (χ0n) is 14.8. The van der Waals surface area contributed by atoms with E-state index in [9.17, 15) is 9.18 Å². The lowest BCUT2D eigenvalue weighted by Crippen LogP contribution is -2.28. The monoisotopic (exact) mass is 352 g/mol. The SMILES string of the molecule is CNc1cc(C)nc([C@@H]2CCN(C(=O)c3cc4cccc(F)c4[nH]3)C2)c1. The molecule has 1 aliphatic heterocycles. The number of likely N-dealkylation sites (tertiary alicyclic amines) is 1. The Morgan fingerprint density at radius 3 is 2.96 bits per heavy atom. The highest BCUT2D eigenvalue weighted by atomic mass is 19.1. The number of fused-ring (bicyclic) bond motifs is 1. The predicted molar refractivity (Wildman–Crippen MR) is 100 cm³/mol. The molecule has 1 fully saturated rings. The van der Waals surface area contributed by atoms with Crippen molar-refractivity contribution in [1.82, 2.24) is 14.9 Å². The van der Waals surface area contributed by atoms with Gasteiger partial charge in [-0.3, -0.25) is 9.78 Å². The summed E-state index contributed by atoms with van der Waals surface area (Å²) in [5.41, 5.74) is 3.81. The number of aromatic nitrogens is 2. The van der Waals surface area contributed by atoms with Gasteiger partial charge in [-0.1, -0.05) is 12.1 Å². The number of hydrogen-bond donors (Lipinski definition) is 2. The first-order valence-corrected chi connectivity index (χ1v) is 8.78. The Bertz CT molecular complexity index is 981. The second-order valence-corrected chi connectivity index (χ2v) is 6.80. The fourth-order valence-electron chi connectivity index (χ4n) is 3.64. The number of amides is 1. The van der Waals surface area contributed by atoms with Gasteiger partial charge in [0.15, 0.2) is 0 Å². The first kappa shape index (κ1) is 16.6. The van der Waals surface area contributed by atoms with Crippen LogP contribution < -0.4 is 5.32 Å². The third-order valence-electron chi connectivity index (χ3n) is 4.99. The number of nitrogens with one attached hydrogen (secondary N) is 2. The maximum absolute atomic E-state index is 13.9. The number of anilines is 1. The summed E-state index contributed by atoms with van der Waals surface area (Å²) in [6, 6.07) is 10.6. The van der Waals surface area contributed by atoms with Crippen molar-refractivity contribution in [2.24, 2.45) is 0 Å². The Labute approximate surface area is 151 Å². The van der Waals surface area contributed by atoms with E-state index < -0.39 is 0 Å². The van der Waals surface area contributed by atoms with Gasteiger partial charge in [0.2, 0.25) is 0 Å². The zero-order valence-corrected chi connectivity index (χ0v) is 14.8. The summed E-state index contributed by atoms with van der Waals surface area (Å²) >= 11 is 0. The molecular weight excluding hydrogens is 331 g/mol. The van der Waals surface area contributed by atoms with Gasteiger partial charge in [-0.2, -0.15) is 0 Å². The van der Waals surface area contributed by atoms with Crippen molar-refractivity contribution >= 4 is 22.5 Å². The van der Waals surface area contributed by atoms with Crippen molar-refractivity contribution < 1.29 is 9.18 Å². The van der Waals surface area contributed by atoms with Crippen LogP contribution in [0, 0.1) is 12.7 Å². The molecule has 0 radical (unpaired) electrons. The highest BCUT2D eigenvalue weighted by Crippen LogP contribution is 2.29. The Morgan fingerprint density at radius 1 is 1.35 bits per heavy atom. The van der Waals surface area contributed by atoms with Gasteiger partial charge in [0, 0.05) is 48.5 Å². The van der Waals surface area contributed by atoms with Gasteiger partial charge in [-0.05, 0) is 37.6 Å². The number of hydrogen-bond acceptors (Lipinski definition) is 3. The number of halogens is 1. The van der Waals surface area contributed by atoms with Crippen LogP contribution in [-0.4, -0.2) is 40.9 Å². The molecule has 1 saturated heterocycles. The molecule has 5 nitrogen and oxygen atoms in total. The minimum absolute atomic E-state index is 0.0930. The van der Waals surface area contributed by atoms with E-state index in [4.69, 9.17) is 0 Å². The van der Waals surface area contributed by atoms with Crippen molar-refractivity contribution in [3.63, 3.8) is 0 Å². The van der Waals surface area contributed by atoms with Gasteiger partial charge in [0.1, 0.15) is 11.5 Å². The number of rotatable bonds is 3. The van der Waals surface area contributed by atoms with Gasteiger partial charge >= 0.3 is 0 Å². The van der Waals surface area contributed by atoms with Crippen molar-refractivity contribution in [2.45, 2.75) is 19.3 Å². The number of para-hydroxylation sites is 1. The van der Waals surface area contributed by atoms with E-state index in [0.29, 0.717) is 29.7 Å². The molecule has 1 amide bonds. The van der Waals surface area contributed by atoms with Crippen LogP contribution in [0.25, 0.3) is 10.9 Å². The Hall–Kier alpha value is -2.89. The van der Waals surface area contributed by atoms with Crippen LogP contribution in [0.5, 0.6) is 0 Å². The number of benzene rings is 1. The summed E-state index contributed by atoms with van der Waals surface area (Å²) < 4.78 is 13.9.